The van der Waals surface area contributed by atoms with Crippen LogP contribution in [0.4, 0.5) is 0 Å². The molecule has 2 N–H and O–H groups in total. The molecule has 158 valence electrons. The van der Waals surface area contributed by atoms with Crippen LogP contribution in [0.25, 0.3) is 10.2 Å². The normalized spacial score (nSPS) is 15.6. The quantitative estimate of drug-likeness (QED) is 0.655. The molecular formula is C23H28N4O2S. The zero-order valence-corrected chi connectivity index (χ0v) is 18.6. The number of aliphatic hydroxyl groups is 1. The van der Waals surface area contributed by atoms with Gasteiger partial charge in [-0.1, -0.05) is 24.3 Å². The average molecular weight is 425 g/mol. The van der Waals surface area contributed by atoms with Crippen molar-refractivity contribution in [2.24, 2.45) is 0 Å². The zero-order chi connectivity index (χ0) is 21.3. The molecule has 0 unspecified atom stereocenters. The maximum absolute atomic E-state index is 12.8. The Bertz CT molecular complexity index is 1050. The summed E-state index contributed by atoms with van der Waals surface area (Å²) in [6.07, 6.45) is 1.56. The van der Waals surface area contributed by atoms with E-state index in [-0.39, 0.29) is 12.0 Å². The van der Waals surface area contributed by atoms with Crippen LogP contribution in [0, 0.1) is 20.8 Å². The Morgan fingerprint density at radius 1 is 1.13 bits per heavy atom. The van der Waals surface area contributed by atoms with Crippen molar-refractivity contribution < 1.29 is 9.90 Å². The van der Waals surface area contributed by atoms with Crippen LogP contribution in [0.5, 0.6) is 0 Å². The number of fused-ring (bicyclic) bond motifs is 1. The number of piperidine rings is 1. The van der Waals surface area contributed by atoms with E-state index in [0.29, 0.717) is 11.4 Å². The molecule has 0 bridgehead atoms. The van der Waals surface area contributed by atoms with Gasteiger partial charge in [-0.15, -0.1) is 11.3 Å². The van der Waals surface area contributed by atoms with Crippen molar-refractivity contribution in [3.8, 4) is 0 Å². The fourth-order valence-electron chi connectivity index (χ4n) is 4.05. The maximum Gasteiger partial charge on any atom is 0.261 e. The van der Waals surface area contributed by atoms with Crippen molar-refractivity contribution in [3.05, 3.63) is 57.4 Å². The molecule has 0 saturated carbocycles. The molecule has 3 heterocycles. The van der Waals surface area contributed by atoms with E-state index in [1.54, 1.807) is 0 Å². The average Bonchev–Trinajstić information content (AvgIpc) is 3.05. The Kier molecular flexibility index (Phi) is 6.13. The molecule has 0 aliphatic carbocycles. The van der Waals surface area contributed by atoms with Gasteiger partial charge >= 0.3 is 0 Å². The van der Waals surface area contributed by atoms with Crippen LogP contribution in [0.15, 0.2) is 24.3 Å². The molecule has 7 heteroatoms. The minimum atomic E-state index is -0.142. The van der Waals surface area contributed by atoms with Gasteiger partial charge in [0.2, 0.25) is 0 Å². The van der Waals surface area contributed by atoms with Gasteiger partial charge in [0, 0.05) is 37.3 Å². The molecule has 0 radical (unpaired) electrons. The van der Waals surface area contributed by atoms with Gasteiger partial charge in [0.25, 0.3) is 5.91 Å². The Morgan fingerprint density at radius 2 is 1.80 bits per heavy atom. The number of thiophene rings is 1. The number of nitrogens with one attached hydrogen (secondary N) is 1. The van der Waals surface area contributed by atoms with E-state index in [4.69, 9.17) is 0 Å². The first-order valence-corrected chi connectivity index (χ1v) is 11.2. The van der Waals surface area contributed by atoms with Crippen LogP contribution < -0.4 is 5.32 Å². The number of carbonyl (C=O) groups is 1. The Balaban J connectivity index is 1.38. The third-order valence-electron chi connectivity index (χ3n) is 5.73. The highest BCUT2D eigenvalue weighted by molar-refractivity contribution is 7.20. The molecule has 0 atom stereocenters. The summed E-state index contributed by atoms with van der Waals surface area (Å²) in [5, 5.41) is 13.7. The monoisotopic (exact) mass is 424 g/mol. The summed E-state index contributed by atoms with van der Waals surface area (Å²) in [6.45, 7) is 9.08. The summed E-state index contributed by atoms with van der Waals surface area (Å²) >= 11 is 1.43. The van der Waals surface area contributed by atoms with Gasteiger partial charge in [0.15, 0.2) is 0 Å². The van der Waals surface area contributed by atoms with Crippen molar-refractivity contribution in [3.63, 3.8) is 0 Å². The van der Waals surface area contributed by atoms with E-state index in [9.17, 15) is 9.90 Å². The molecule has 1 saturated heterocycles. The second-order valence-electron chi connectivity index (χ2n) is 8.10. The second-order valence-corrected chi connectivity index (χ2v) is 9.10. The largest absolute Gasteiger partial charge is 0.393 e. The van der Waals surface area contributed by atoms with E-state index < -0.39 is 0 Å². The van der Waals surface area contributed by atoms with Gasteiger partial charge in [0.05, 0.1) is 11.0 Å². The van der Waals surface area contributed by atoms with E-state index in [0.717, 1.165) is 65.3 Å². The van der Waals surface area contributed by atoms with Crippen LogP contribution >= 0.6 is 11.3 Å². The minimum Gasteiger partial charge on any atom is -0.393 e. The number of nitrogens with zero attached hydrogens (tertiary/aromatic N) is 3. The van der Waals surface area contributed by atoms with Crippen LogP contribution in [0.2, 0.25) is 0 Å². The van der Waals surface area contributed by atoms with Gasteiger partial charge in [-0.25, -0.2) is 9.97 Å². The number of likely N-dealkylation sites (tertiary alicyclic amines) is 1. The smallest absolute Gasteiger partial charge is 0.261 e. The number of hydrogen-bond acceptors (Lipinski definition) is 6. The predicted molar refractivity (Wildman–Crippen MR) is 120 cm³/mol. The number of amides is 1. The number of benzene rings is 1. The van der Waals surface area contributed by atoms with Crippen LogP contribution in [-0.2, 0) is 13.1 Å². The molecule has 3 aromatic rings. The first-order valence-electron chi connectivity index (χ1n) is 10.4. The van der Waals surface area contributed by atoms with Crippen LogP contribution in [-0.4, -0.2) is 45.1 Å². The van der Waals surface area contributed by atoms with Crippen LogP contribution in [0.3, 0.4) is 0 Å². The third kappa shape index (κ3) is 4.53. The Hall–Kier alpha value is -2.35. The van der Waals surface area contributed by atoms with Gasteiger partial charge in [-0.05, 0) is 50.3 Å². The number of aryl methyl sites for hydroxylation is 3. The lowest BCUT2D eigenvalue weighted by atomic mass is 10.1. The SMILES string of the molecule is Cc1nc(C)c2c(C)c(C(=O)NCc3ccc(CN4CCC(O)CC4)cc3)sc2n1. The molecule has 6 nitrogen and oxygen atoms in total. The molecule has 1 fully saturated rings. The number of aromatic nitrogens is 2. The molecule has 1 aromatic carbocycles. The van der Waals surface area contributed by atoms with Gasteiger partial charge in [0.1, 0.15) is 10.7 Å². The van der Waals surface area contributed by atoms with E-state index in [1.807, 2.05) is 20.8 Å². The molecule has 1 aliphatic heterocycles. The summed E-state index contributed by atoms with van der Waals surface area (Å²) in [7, 11) is 0. The van der Waals surface area contributed by atoms with Crippen molar-refractivity contribution in [1.82, 2.24) is 20.2 Å². The number of aliphatic hydroxyl groups excluding tert-OH is 1. The first kappa shape index (κ1) is 20.9. The fraction of sp³-hybridized carbons (Fsp3) is 0.435. The minimum absolute atomic E-state index is 0.0662. The summed E-state index contributed by atoms with van der Waals surface area (Å²) in [6, 6.07) is 8.40. The van der Waals surface area contributed by atoms with Crippen molar-refractivity contribution in [2.45, 2.75) is 52.8 Å². The topological polar surface area (TPSA) is 78.4 Å². The zero-order valence-electron chi connectivity index (χ0n) is 17.7. The third-order valence-corrected chi connectivity index (χ3v) is 6.91. The summed E-state index contributed by atoms with van der Waals surface area (Å²) in [4.78, 5) is 25.7. The van der Waals surface area contributed by atoms with Crippen LogP contribution in [0.1, 0.15) is 50.7 Å². The molecule has 0 spiro atoms. The summed E-state index contributed by atoms with van der Waals surface area (Å²) < 4.78 is 0. The lowest BCUT2D eigenvalue weighted by Gasteiger charge is -2.29. The van der Waals surface area contributed by atoms with Gasteiger partial charge < -0.3 is 10.4 Å². The lowest BCUT2D eigenvalue weighted by molar-refractivity contribution is 0.0792. The maximum atomic E-state index is 12.8. The molecular weight excluding hydrogens is 396 g/mol. The predicted octanol–water partition coefficient (Wildman–Crippen LogP) is 3.50. The molecule has 2 aromatic heterocycles. The molecule has 4 rings (SSSR count). The number of hydrogen-bond donors (Lipinski definition) is 2. The van der Waals surface area contributed by atoms with E-state index in [2.05, 4.69) is 44.5 Å². The van der Waals surface area contributed by atoms with Crippen molar-refractivity contribution in [2.75, 3.05) is 13.1 Å². The molecule has 1 aliphatic rings. The van der Waals surface area contributed by atoms with Gasteiger partial charge in [-0.2, -0.15) is 0 Å². The number of rotatable bonds is 5. The second kappa shape index (κ2) is 8.79. The number of carbonyl (C=O) groups excluding carboxylic acids is 1. The fourth-order valence-corrected chi connectivity index (χ4v) is 5.24. The Labute approximate surface area is 181 Å². The van der Waals surface area contributed by atoms with Gasteiger partial charge in [-0.3, -0.25) is 9.69 Å². The first-order chi connectivity index (χ1) is 14.4. The van der Waals surface area contributed by atoms with Crippen molar-refractivity contribution in [1.29, 1.82) is 0 Å². The highest BCUT2D eigenvalue weighted by Gasteiger charge is 2.19. The summed E-state index contributed by atoms with van der Waals surface area (Å²) in [5.41, 5.74) is 4.20. The highest BCUT2D eigenvalue weighted by atomic mass is 32.1. The van der Waals surface area contributed by atoms with E-state index in [1.165, 1.54) is 16.9 Å². The Morgan fingerprint density at radius 3 is 2.50 bits per heavy atom. The standard InChI is InChI=1S/C23H28N4O2S/c1-14-20-15(2)25-16(3)26-23(20)30-21(14)22(29)24-12-17-4-6-18(7-5-17)13-27-10-8-19(28)9-11-27/h4-7,19,28H,8-13H2,1-3H3,(H,24,29). The summed E-state index contributed by atoms with van der Waals surface area (Å²) in [5.74, 6) is 0.664. The lowest BCUT2D eigenvalue weighted by Crippen LogP contribution is -2.35. The van der Waals surface area contributed by atoms with Crippen molar-refractivity contribution >= 4 is 27.5 Å². The molecule has 30 heavy (non-hydrogen) atoms. The molecule has 1 amide bonds. The highest BCUT2D eigenvalue weighted by Crippen LogP contribution is 2.31. The van der Waals surface area contributed by atoms with E-state index >= 15 is 0 Å².